The Bertz CT molecular complexity index is 427. The van der Waals surface area contributed by atoms with Crippen LogP contribution in [0.3, 0.4) is 0 Å². The maximum absolute atomic E-state index is 11.1. The highest BCUT2D eigenvalue weighted by atomic mass is 32.2. The summed E-state index contributed by atoms with van der Waals surface area (Å²) in [5.41, 5.74) is 0. The first-order chi connectivity index (χ1) is 8.06. The quantitative estimate of drug-likeness (QED) is 0.856. The molecule has 0 saturated carbocycles. The Morgan fingerprint density at radius 3 is 3.00 bits per heavy atom. The second-order valence-electron chi connectivity index (χ2n) is 4.28. The molecule has 6 heteroatoms. The van der Waals surface area contributed by atoms with E-state index < -0.39 is 5.91 Å². The van der Waals surface area contributed by atoms with Crippen LogP contribution in [-0.4, -0.2) is 32.2 Å². The van der Waals surface area contributed by atoms with Crippen molar-refractivity contribution in [1.29, 1.82) is 0 Å². The molecule has 2 aliphatic heterocycles. The van der Waals surface area contributed by atoms with Crippen molar-refractivity contribution in [2.24, 2.45) is 15.9 Å². The van der Waals surface area contributed by atoms with Crippen LogP contribution in [0.15, 0.2) is 21.8 Å². The van der Waals surface area contributed by atoms with Gasteiger partial charge >= 0.3 is 0 Å². The average Bonchev–Trinajstić information content (AvgIpc) is 2.60. The highest BCUT2D eigenvalue weighted by molar-refractivity contribution is 8.39. The van der Waals surface area contributed by atoms with Crippen LogP contribution in [0.5, 0.6) is 0 Å². The van der Waals surface area contributed by atoms with E-state index in [9.17, 15) is 9.90 Å². The minimum absolute atomic E-state index is 0.0632. The van der Waals surface area contributed by atoms with Crippen LogP contribution in [0.4, 0.5) is 0 Å². The zero-order valence-electron chi connectivity index (χ0n) is 9.71. The summed E-state index contributed by atoms with van der Waals surface area (Å²) >= 11 is 3.13. The zero-order valence-corrected chi connectivity index (χ0v) is 11.3. The lowest BCUT2D eigenvalue weighted by molar-refractivity contribution is -0.113. The third-order valence-corrected chi connectivity index (χ3v) is 4.75. The molecule has 1 N–H and O–H groups in total. The molecule has 0 spiro atoms. The normalized spacial score (nSPS) is 23.4. The van der Waals surface area contributed by atoms with Gasteiger partial charge in [-0.1, -0.05) is 37.4 Å². The summed E-state index contributed by atoms with van der Waals surface area (Å²) in [6.07, 6.45) is 2.29. The van der Waals surface area contributed by atoms with Crippen molar-refractivity contribution in [3.8, 4) is 0 Å². The number of carbonyl (C=O) groups excluding carboxylic acids is 1. The van der Waals surface area contributed by atoms with Crippen LogP contribution in [0.1, 0.15) is 20.3 Å². The number of amides is 1. The zero-order chi connectivity index (χ0) is 12.4. The number of hydrogen-bond donors (Lipinski definition) is 1. The summed E-state index contributed by atoms with van der Waals surface area (Å²) in [4.78, 5) is 19.2. The Morgan fingerprint density at radius 2 is 2.29 bits per heavy atom. The first-order valence-electron chi connectivity index (χ1n) is 5.47. The van der Waals surface area contributed by atoms with Crippen LogP contribution in [0.25, 0.3) is 0 Å². The lowest BCUT2D eigenvalue weighted by atomic mass is 10.2. The summed E-state index contributed by atoms with van der Waals surface area (Å²) in [6.45, 7) is 4.36. The molecule has 0 aliphatic carbocycles. The van der Waals surface area contributed by atoms with Crippen molar-refractivity contribution in [2.45, 2.75) is 25.5 Å². The first-order valence-corrected chi connectivity index (χ1v) is 7.34. The van der Waals surface area contributed by atoms with Gasteiger partial charge in [0.15, 0.2) is 5.84 Å². The minimum atomic E-state index is -0.425. The van der Waals surface area contributed by atoms with Gasteiger partial charge in [0.05, 0.1) is 0 Å². The predicted molar refractivity (Wildman–Crippen MR) is 73.9 cm³/mol. The summed E-state index contributed by atoms with van der Waals surface area (Å²) in [5, 5.41) is 9.37. The summed E-state index contributed by atoms with van der Waals surface area (Å²) in [5.74, 6) is 1.75. The van der Waals surface area contributed by atoms with Crippen LogP contribution < -0.4 is 0 Å². The molecule has 0 fully saturated rings. The number of dihydropyridines is 1. The molecule has 1 unspecified atom stereocenters. The molecule has 2 rings (SSSR count). The fourth-order valence-electron chi connectivity index (χ4n) is 1.40. The standard InChI is InChI=1S/C11H14N2O2S2/c1-6(2)3-4-16-11-13-10-9(17-11)7(14)5-8(15)12-10/h5-6,9,14H,3-4H2,1-2H3. The number of nitrogens with zero attached hydrogens (tertiary/aromatic N) is 2. The number of fused-ring (bicyclic) bond motifs is 1. The molecule has 0 aromatic carbocycles. The van der Waals surface area contributed by atoms with Crippen molar-refractivity contribution in [3.63, 3.8) is 0 Å². The van der Waals surface area contributed by atoms with Gasteiger partial charge in [0.2, 0.25) is 0 Å². The van der Waals surface area contributed by atoms with Crippen molar-refractivity contribution < 1.29 is 9.90 Å². The fourth-order valence-corrected chi connectivity index (χ4v) is 3.88. The smallest absolute Gasteiger partial charge is 0.274 e. The Morgan fingerprint density at radius 1 is 1.53 bits per heavy atom. The van der Waals surface area contributed by atoms with E-state index in [4.69, 9.17) is 0 Å². The van der Waals surface area contributed by atoms with Crippen LogP contribution in [0.2, 0.25) is 0 Å². The van der Waals surface area contributed by atoms with Crippen molar-refractivity contribution >= 4 is 39.6 Å². The molecule has 0 aromatic heterocycles. The first kappa shape index (κ1) is 12.7. The van der Waals surface area contributed by atoms with Gasteiger partial charge in [-0.3, -0.25) is 4.79 Å². The average molecular weight is 270 g/mol. The second-order valence-corrected chi connectivity index (χ2v) is 6.72. The lowest BCUT2D eigenvalue weighted by Crippen LogP contribution is -2.20. The van der Waals surface area contributed by atoms with E-state index in [1.807, 2.05) is 0 Å². The summed E-state index contributed by atoms with van der Waals surface area (Å²) in [7, 11) is 0. The van der Waals surface area contributed by atoms with E-state index in [1.54, 1.807) is 11.8 Å². The number of aliphatic hydroxyl groups excluding tert-OH is 1. The SMILES string of the molecule is CC(C)CCSC1=NC2=NC(=O)C=C(O)C2S1. The van der Waals surface area contributed by atoms with E-state index in [0.29, 0.717) is 11.8 Å². The Kier molecular flexibility index (Phi) is 3.93. The molecule has 17 heavy (non-hydrogen) atoms. The fraction of sp³-hybridized carbons (Fsp3) is 0.545. The number of thioether (sulfide) groups is 2. The van der Waals surface area contributed by atoms with Crippen molar-refractivity contribution in [2.75, 3.05) is 5.75 Å². The number of aliphatic imine (C=N–C) groups is 2. The molecule has 1 atom stereocenters. The minimum Gasteiger partial charge on any atom is -0.510 e. The van der Waals surface area contributed by atoms with Gasteiger partial charge < -0.3 is 5.11 Å². The van der Waals surface area contributed by atoms with E-state index in [1.165, 1.54) is 17.8 Å². The van der Waals surface area contributed by atoms with Gasteiger partial charge in [-0.25, -0.2) is 4.99 Å². The maximum Gasteiger partial charge on any atom is 0.274 e. The van der Waals surface area contributed by atoms with Gasteiger partial charge in [0.1, 0.15) is 15.4 Å². The number of aliphatic hydroxyl groups is 1. The molecule has 0 aromatic rings. The number of hydrogen-bond acceptors (Lipinski definition) is 5. The largest absolute Gasteiger partial charge is 0.510 e. The molecular formula is C11H14N2O2S2. The molecule has 1 amide bonds. The Labute approximate surface area is 109 Å². The van der Waals surface area contributed by atoms with Crippen LogP contribution in [-0.2, 0) is 4.79 Å². The molecule has 92 valence electrons. The van der Waals surface area contributed by atoms with Crippen LogP contribution in [0, 0.1) is 5.92 Å². The van der Waals surface area contributed by atoms with E-state index in [0.717, 1.165) is 16.5 Å². The predicted octanol–water partition coefficient (Wildman–Crippen LogP) is 2.62. The monoisotopic (exact) mass is 270 g/mol. The molecular weight excluding hydrogens is 256 g/mol. The van der Waals surface area contributed by atoms with Crippen molar-refractivity contribution in [1.82, 2.24) is 0 Å². The van der Waals surface area contributed by atoms with Crippen LogP contribution >= 0.6 is 23.5 Å². The van der Waals surface area contributed by atoms with Gasteiger partial charge in [0, 0.05) is 11.8 Å². The highest BCUT2D eigenvalue weighted by Crippen LogP contribution is 2.35. The Hall–Kier alpha value is -0.750. The van der Waals surface area contributed by atoms with E-state index in [-0.39, 0.29) is 11.0 Å². The topological polar surface area (TPSA) is 62.0 Å². The molecule has 4 nitrogen and oxygen atoms in total. The van der Waals surface area contributed by atoms with Gasteiger partial charge in [-0.15, -0.1) is 0 Å². The van der Waals surface area contributed by atoms with Crippen molar-refractivity contribution in [3.05, 3.63) is 11.8 Å². The molecule has 0 radical (unpaired) electrons. The number of carbonyl (C=O) groups is 1. The number of amidine groups is 1. The summed E-state index contributed by atoms with van der Waals surface area (Å²) in [6, 6.07) is 0. The van der Waals surface area contributed by atoms with Gasteiger partial charge in [-0.2, -0.15) is 4.99 Å². The van der Waals surface area contributed by atoms with E-state index >= 15 is 0 Å². The molecule has 0 saturated heterocycles. The third kappa shape index (κ3) is 3.13. The number of rotatable bonds is 3. The third-order valence-electron chi connectivity index (χ3n) is 2.34. The highest BCUT2D eigenvalue weighted by Gasteiger charge is 2.33. The Balaban J connectivity index is 1.96. The molecule has 2 heterocycles. The van der Waals surface area contributed by atoms with E-state index in [2.05, 4.69) is 23.8 Å². The maximum atomic E-state index is 11.1. The molecule has 0 bridgehead atoms. The summed E-state index contributed by atoms with van der Waals surface area (Å²) < 4.78 is 0.893. The molecule has 2 aliphatic rings. The van der Waals surface area contributed by atoms with Gasteiger partial charge in [-0.05, 0) is 12.3 Å². The second kappa shape index (κ2) is 5.27. The van der Waals surface area contributed by atoms with Gasteiger partial charge in [0.25, 0.3) is 5.91 Å². The lowest BCUT2D eigenvalue weighted by Gasteiger charge is -2.10.